The highest BCUT2D eigenvalue weighted by Gasteiger charge is 2.40. The third-order valence-corrected chi connectivity index (χ3v) is 6.58. The summed E-state index contributed by atoms with van der Waals surface area (Å²) < 4.78 is 13.2. The van der Waals surface area contributed by atoms with Crippen LogP contribution in [0.4, 0.5) is 4.39 Å². The van der Waals surface area contributed by atoms with Crippen LogP contribution in [0.5, 0.6) is 0 Å². The number of carbonyl (C=O) groups excluding carboxylic acids is 3. The first-order valence-corrected chi connectivity index (χ1v) is 10.8. The van der Waals surface area contributed by atoms with E-state index >= 15 is 0 Å². The SMILES string of the molecule is O=C1CCC(N2Cc3ccc(CNCC4(c5ccc(F)cn5)CNC4)cc3C2=O)C(=O)N1. The molecule has 0 saturated carbocycles. The second-order valence-electron chi connectivity index (χ2n) is 8.74. The summed E-state index contributed by atoms with van der Waals surface area (Å²) in [6.07, 6.45) is 1.84. The summed E-state index contributed by atoms with van der Waals surface area (Å²) >= 11 is 0. The molecule has 1 aromatic heterocycles. The number of piperidine rings is 1. The van der Waals surface area contributed by atoms with Gasteiger partial charge in [-0.1, -0.05) is 12.1 Å². The summed E-state index contributed by atoms with van der Waals surface area (Å²) in [4.78, 5) is 42.4. The Morgan fingerprint density at radius 3 is 2.72 bits per heavy atom. The van der Waals surface area contributed by atoms with E-state index in [0.29, 0.717) is 31.6 Å². The van der Waals surface area contributed by atoms with Crippen LogP contribution in [0.1, 0.15) is 40.0 Å². The summed E-state index contributed by atoms with van der Waals surface area (Å²) in [7, 11) is 0. The molecule has 2 fully saturated rings. The normalized spacial score (nSPS) is 21.8. The number of pyridine rings is 1. The predicted molar refractivity (Wildman–Crippen MR) is 113 cm³/mol. The van der Waals surface area contributed by atoms with Crippen LogP contribution in [0, 0.1) is 5.82 Å². The molecule has 166 valence electrons. The number of hydrogen-bond acceptors (Lipinski definition) is 6. The molecule has 0 spiro atoms. The standard InChI is InChI=1S/C23H24FN5O3/c24-16-3-5-19(27-9-16)23(12-26-13-23)11-25-8-14-1-2-15-10-29(22(32)17(15)7-14)18-4-6-20(30)28-21(18)31/h1-3,5,7,9,18,25-26H,4,6,8,10-13H2,(H,28,30,31). The molecular weight excluding hydrogens is 413 g/mol. The minimum atomic E-state index is -0.608. The van der Waals surface area contributed by atoms with Gasteiger partial charge in [-0.25, -0.2) is 4.39 Å². The van der Waals surface area contributed by atoms with Gasteiger partial charge in [-0.05, 0) is 35.7 Å². The van der Waals surface area contributed by atoms with Gasteiger partial charge in [0.2, 0.25) is 11.8 Å². The summed E-state index contributed by atoms with van der Waals surface area (Å²) in [5.74, 6) is -1.22. The van der Waals surface area contributed by atoms with E-state index in [4.69, 9.17) is 0 Å². The second-order valence-corrected chi connectivity index (χ2v) is 8.74. The van der Waals surface area contributed by atoms with Crippen molar-refractivity contribution in [3.63, 3.8) is 0 Å². The lowest BCUT2D eigenvalue weighted by molar-refractivity contribution is -0.136. The smallest absolute Gasteiger partial charge is 0.255 e. The molecule has 3 N–H and O–H groups in total. The van der Waals surface area contributed by atoms with E-state index in [1.54, 1.807) is 11.0 Å². The van der Waals surface area contributed by atoms with Crippen molar-refractivity contribution in [2.45, 2.75) is 37.4 Å². The van der Waals surface area contributed by atoms with Crippen molar-refractivity contribution in [3.05, 3.63) is 64.7 Å². The molecule has 9 heteroatoms. The molecule has 2 saturated heterocycles. The maximum absolute atomic E-state index is 13.2. The number of imide groups is 1. The number of aromatic nitrogens is 1. The number of carbonyl (C=O) groups is 3. The van der Waals surface area contributed by atoms with E-state index in [9.17, 15) is 18.8 Å². The molecule has 0 bridgehead atoms. The van der Waals surface area contributed by atoms with Gasteiger partial charge in [-0.2, -0.15) is 0 Å². The van der Waals surface area contributed by atoms with E-state index in [-0.39, 0.29) is 29.5 Å². The molecule has 5 rings (SSSR count). The highest BCUT2D eigenvalue weighted by molar-refractivity contribution is 6.05. The molecule has 32 heavy (non-hydrogen) atoms. The minimum absolute atomic E-state index is 0.175. The van der Waals surface area contributed by atoms with Crippen molar-refractivity contribution in [2.24, 2.45) is 0 Å². The summed E-state index contributed by atoms with van der Waals surface area (Å²) in [6.45, 7) is 3.15. The van der Waals surface area contributed by atoms with Gasteiger partial charge < -0.3 is 15.5 Å². The fraction of sp³-hybridized carbons (Fsp3) is 0.391. The Morgan fingerprint density at radius 2 is 2.03 bits per heavy atom. The van der Waals surface area contributed by atoms with E-state index < -0.39 is 11.9 Å². The average Bonchev–Trinajstić information content (AvgIpc) is 3.07. The molecule has 0 aliphatic carbocycles. The number of amides is 3. The lowest BCUT2D eigenvalue weighted by atomic mass is 9.78. The maximum atomic E-state index is 13.2. The molecule has 3 aliphatic heterocycles. The Balaban J connectivity index is 1.24. The summed E-state index contributed by atoms with van der Waals surface area (Å²) in [5.41, 5.74) is 3.14. The van der Waals surface area contributed by atoms with Gasteiger partial charge >= 0.3 is 0 Å². The Hall–Kier alpha value is -3.17. The molecule has 3 aliphatic rings. The highest BCUT2D eigenvalue weighted by atomic mass is 19.1. The summed E-state index contributed by atoms with van der Waals surface area (Å²) in [5, 5.41) is 9.04. The number of rotatable bonds is 6. The zero-order valence-corrected chi connectivity index (χ0v) is 17.5. The molecule has 2 aromatic rings. The van der Waals surface area contributed by atoms with E-state index in [2.05, 4.69) is 20.9 Å². The fourth-order valence-corrected chi connectivity index (χ4v) is 4.67. The number of nitrogens with zero attached hydrogens (tertiary/aromatic N) is 2. The minimum Gasteiger partial charge on any atom is -0.322 e. The van der Waals surface area contributed by atoms with Gasteiger partial charge in [0.05, 0.1) is 11.9 Å². The molecule has 3 amide bonds. The number of benzene rings is 1. The molecular formula is C23H24FN5O3. The van der Waals surface area contributed by atoms with E-state index in [1.165, 1.54) is 12.3 Å². The molecule has 1 aromatic carbocycles. The third kappa shape index (κ3) is 3.67. The van der Waals surface area contributed by atoms with Crippen LogP contribution in [0.2, 0.25) is 0 Å². The van der Waals surface area contributed by atoms with E-state index in [1.807, 2.05) is 18.2 Å². The van der Waals surface area contributed by atoms with Crippen molar-refractivity contribution in [1.29, 1.82) is 0 Å². The van der Waals surface area contributed by atoms with Crippen LogP contribution in [-0.4, -0.2) is 53.3 Å². The average molecular weight is 437 g/mol. The van der Waals surface area contributed by atoms with Gasteiger partial charge in [-0.15, -0.1) is 0 Å². The zero-order chi connectivity index (χ0) is 22.3. The quantitative estimate of drug-likeness (QED) is 0.573. The van der Waals surface area contributed by atoms with Crippen molar-refractivity contribution in [3.8, 4) is 0 Å². The first-order valence-electron chi connectivity index (χ1n) is 10.8. The highest BCUT2D eigenvalue weighted by Crippen LogP contribution is 2.29. The van der Waals surface area contributed by atoms with Gasteiger partial charge in [0.1, 0.15) is 11.9 Å². The van der Waals surface area contributed by atoms with Crippen LogP contribution in [0.3, 0.4) is 0 Å². The first kappa shape index (κ1) is 20.7. The van der Waals surface area contributed by atoms with Gasteiger partial charge in [0.25, 0.3) is 5.91 Å². The molecule has 0 radical (unpaired) electrons. The van der Waals surface area contributed by atoms with Crippen molar-refractivity contribution < 1.29 is 18.8 Å². The Kier molecular flexibility index (Phi) is 5.22. The number of fused-ring (bicyclic) bond motifs is 1. The first-order chi connectivity index (χ1) is 15.4. The van der Waals surface area contributed by atoms with E-state index in [0.717, 1.165) is 29.9 Å². The number of halogens is 1. The predicted octanol–water partition coefficient (Wildman–Crippen LogP) is 0.613. The fourth-order valence-electron chi connectivity index (χ4n) is 4.67. The number of hydrogen-bond donors (Lipinski definition) is 3. The van der Waals surface area contributed by atoms with Crippen LogP contribution in [0.25, 0.3) is 0 Å². The van der Waals surface area contributed by atoms with Crippen molar-refractivity contribution >= 4 is 17.7 Å². The molecule has 8 nitrogen and oxygen atoms in total. The third-order valence-electron chi connectivity index (χ3n) is 6.58. The molecule has 1 atom stereocenters. The molecule has 4 heterocycles. The zero-order valence-electron chi connectivity index (χ0n) is 17.5. The largest absolute Gasteiger partial charge is 0.322 e. The van der Waals surface area contributed by atoms with Gasteiger partial charge in [0, 0.05) is 50.1 Å². The lowest BCUT2D eigenvalue weighted by Gasteiger charge is -2.42. The van der Waals surface area contributed by atoms with Gasteiger partial charge in [0.15, 0.2) is 0 Å². The topological polar surface area (TPSA) is 103 Å². The second kappa shape index (κ2) is 8.07. The Morgan fingerprint density at radius 1 is 1.19 bits per heavy atom. The lowest BCUT2D eigenvalue weighted by Crippen LogP contribution is -2.61. The maximum Gasteiger partial charge on any atom is 0.255 e. The van der Waals surface area contributed by atoms with Crippen LogP contribution >= 0.6 is 0 Å². The van der Waals surface area contributed by atoms with Gasteiger partial charge in [-0.3, -0.25) is 24.7 Å². The summed E-state index contributed by atoms with van der Waals surface area (Å²) in [6, 6.07) is 8.34. The van der Waals surface area contributed by atoms with Crippen molar-refractivity contribution in [2.75, 3.05) is 19.6 Å². The monoisotopic (exact) mass is 437 g/mol. The van der Waals surface area contributed by atoms with Crippen LogP contribution in [-0.2, 0) is 28.1 Å². The van der Waals surface area contributed by atoms with Crippen molar-refractivity contribution in [1.82, 2.24) is 25.8 Å². The Labute approximate surface area is 184 Å². The van der Waals surface area contributed by atoms with Crippen LogP contribution in [0.15, 0.2) is 36.5 Å². The van der Waals surface area contributed by atoms with Crippen LogP contribution < -0.4 is 16.0 Å². The molecule has 1 unspecified atom stereocenters. The number of nitrogens with one attached hydrogen (secondary N) is 3. The Bertz CT molecular complexity index is 1080.